The number of nitriles is 1. The molecule has 4 rings (SSSR count). The van der Waals surface area contributed by atoms with Crippen LogP contribution < -0.4 is 5.32 Å². The Morgan fingerprint density at radius 2 is 1.82 bits per heavy atom. The summed E-state index contributed by atoms with van der Waals surface area (Å²) in [6, 6.07) is 16.8. The number of amides is 2. The van der Waals surface area contributed by atoms with Crippen molar-refractivity contribution in [1.82, 2.24) is 4.90 Å². The number of likely N-dealkylation sites (tertiary alicyclic amines) is 1. The number of aliphatic hydroxyl groups is 1. The van der Waals surface area contributed by atoms with Crippen LogP contribution in [0.4, 0.5) is 10.5 Å². The van der Waals surface area contributed by atoms with Crippen LogP contribution in [0.3, 0.4) is 0 Å². The molecule has 1 atom stereocenters. The lowest BCUT2D eigenvalue weighted by atomic mass is 9.72. The van der Waals surface area contributed by atoms with E-state index in [1.807, 2.05) is 39.0 Å². The fraction of sp³-hybridized carbons (Fsp3) is 0.423. The standard InChI is InChI=1S/C26H29N3O4/c1-24(2,3)33-23(31)29-14-12-25(17-27,13-15-29)16-18-8-7-11-20-21(18)26(32,22(30)28-20)19-9-5-4-6-10-19/h4-11,32H,12-16H2,1-3H3,(H,28,30). The van der Waals surface area contributed by atoms with Crippen molar-refractivity contribution in [2.24, 2.45) is 5.41 Å². The Labute approximate surface area is 194 Å². The van der Waals surface area contributed by atoms with Gasteiger partial charge in [-0.2, -0.15) is 5.26 Å². The zero-order chi connectivity index (χ0) is 23.9. The first kappa shape index (κ1) is 22.8. The smallest absolute Gasteiger partial charge is 0.410 e. The van der Waals surface area contributed by atoms with E-state index in [0.29, 0.717) is 49.2 Å². The highest BCUT2D eigenvalue weighted by Crippen LogP contribution is 2.45. The molecule has 0 bridgehead atoms. The van der Waals surface area contributed by atoms with E-state index in [4.69, 9.17) is 4.74 Å². The lowest BCUT2D eigenvalue weighted by molar-refractivity contribution is -0.129. The fourth-order valence-corrected chi connectivity index (χ4v) is 4.70. The number of carbonyl (C=O) groups is 2. The molecule has 2 aliphatic rings. The third-order valence-corrected chi connectivity index (χ3v) is 6.42. The van der Waals surface area contributed by atoms with Crippen LogP contribution in [0.1, 0.15) is 50.3 Å². The molecule has 0 aromatic heterocycles. The number of rotatable bonds is 3. The van der Waals surface area contributed by atoms with Crippen LogP contribution in [0.25, 0.3) is 0 Å². The van der Waals surface area contributed by atoms with E-state index < -0.39 is 22.5 Å². The third-order valence-electron chi connectivity index (χ3n) is 6.42. The van der Waals surface area contributed by atoms with Crippen LogP contribution >= 0.6 is 0 Å². The minimum absolute atomic E-state index is 0.372. The quantitative estimate of drug-likeness (QED) is 0.741. The van der Waals surface area contributed by atoms with Crippen LogP contribution in [0, 0.1) is 16.7 Å². The number of benzene rings is 2. The van der Waals surface area contributed by atoms with E-state index >= 15 is 0 Å². The molecule has 2 heterocycles. The van der Waals surface area contributed by atoms with Gasteiger partial charge in [0, 0.05) is 24.3 Å². The van der Waals surface area contributed by atoms with E-state index in [1.165, 1.54) is 0 Å². The number of hydrogen-bond acceptors (Lipinski definition) is 5. The number of nitrogens with one attached hydrogen (secondary N) is 1. The zero-order valence-corrected chi connectivity index (χ0v) is 19.2. The molecular weight excluding hydrogens is 418 g/mol. The van der Waals surface area contributed by atoms with Gasteiger partial charge >= 0.3 is 6.09 Å². The second-order valence-electron chi connectivity index (χ2n) is 9.91. The van der Waals surface area contributed by atoms with Crippen molar-refractivity contribution >= 4 is 17.7 Å². The molecule has 0 radical (unpaired) electrons. The summed E-state index contributed by atoms with van der Waals surface area (Å²) in [7, 11) is 0. The third kappa shape index (κ3) is 4.19. The SMILES string of the molecule is CC(C)(C)OC(=O)N1CCC(C#N)(Cc2cccc3c2C(O)(c2ccccc2)C(=O)N3)CC1. The van der Waals surface area contributed by atoms with Gasteiger partial charge in [-0.05, 0) is 57.2 Å². The Morgan fingerprint density at radius 3 is 2.42 bits per heavy atom. The van der Waals surface area contributed by atoms with Crippen molar-refractivity contribution < 1.29 is 19.4 Å². The average molecular weight is 448 g/mol. The fourth-order valence-electron chi connectivity index (χ4n) is 4.70. The molecule has 1 unspecified atom stereocenters. The van der Waals surface area contributed by atoms with Gasteiger partial charge in [-0.25, -0.2) is 4.79 Å². The van der Waals surface area contributed by atoms with Crippen molar-refractivity contribution in [2.75, 3.05) is 18.4 Å². The Balaban J connectivity index is 1.61. The summed E-state index contributed by atoms with van der Waals surface area (Å²) in [5, 5.41) is 24.5. The number of hydrogen-bond donors (Lipinski definition) is 2. The molecule has 0 aliphatic carbocycles. The first-order chi connectivity index (χ1) is 15.6. The Morgan fingerprint density at radius 1 is 1.15 bits per heavy atom. The van der Waals surface area contributed by atoms with Gasteiger partial charge in [0.05, 0.1) is 11.5 Å². The highest BCUT2D eigenvalue weighted by atomic mass is 16.6. The molecule has 172 valence electrons. The maximum Gasteiger partial charge on any atom is 0.410 e. The van der Waals surface area contributed by atoms with Crippen LogP contribution in [0.5, 0.6) is 0 Å². The summed E-state index contributed by atoms with van der Waals surface area (Å²) in [5.41, 5.74) is -0.803. The predicted molar refractivity (Wildman–Crippen MR) is 123 cm³/mol. The maximum absolute atomic E-state index is 12.9. The number of ether oxygens (including phenoxy) is 1. The molecule has 0 spiro atoms. The van der Waals surface area contributed by atoms with E-state index in [2.05, 4.69) is 11.4 Å². The van der Waals surface area contributed by atoms with Crippen LogP contribution in [0.15, 0.2) is 48.5 Å². The van der Waals surface area contributed by atoms with E-state index in [1.54, 1.807) is 35.2 Å². The minimum atomic E-state index is -1.82. The lowest BCUT2D eigenvalue weighted by Crippen LogP contribution is -2.45. The summed E-state index contributed by atoms with van der Waals surface area (Å²) < 4.78 is 5.47. The molecule has 1 fully saturated rings. The van der Waals surface area contributed by atoms with Crippen molar-refractivity contribution in [1.29, 1.82) is 5.26 Å². The van der Waals surface area contributed by atoms with Gasteiger partial charge in [-0.1, -0.05) is 42.5 Å². The zero-order valence-electron chi connectivity index (χ0n) is 19.2. The Bertz CT molecular complexity index is 1110. The van der Waals surface area contributed by atoms with Crippen molar-refractivity contribution in [2.45, 2.75) is 51.2 Å². The Kier molecular flexibility index (Phi) is 5.67. The number of nitrogens with zero attached hydrogens (tertiary/aromatic N) is 2. The normalized spacial score (nSPS) is 21.7. The Hall–Kier alpha value is -3.37. The monoisotopic (exact) mass is 447 g/mol. The van der Waals surface area contributed by atoms with Gasteiger partial charge in [-0.15, -0.1) is 0 Å². The van der Waals surface area contributed by atoms with E-state index in [-0.39, 0.29) is 6.09 Å². The topological polar surface area (TPSA) is 103 Å². The van der Waals surface area contributed by atoms with Gasteiger partial charge in [0.1, 0.15) is 5.60 Å². The molecule has 7 nitrogen and oxygen atoms in total. The molecule has 2 amide bonds. The van der Waals surface area contributed by atoms with Crippen molar-refractivity contribution in [3.8, 4) is 6.07 Å². The summed E-state index contributed by atoms with van der Waals surface area (Å²) >= 11 is 0. The molecule has 7 heteroatoms. The molecule has 2 aliphatic heterocycles. The lowest BCUT2D eigenvalue weighted by Gasteiger charge is -2.38. The maximum atomic E-state index is 12.9. The van der Waals surface area contributed by atoms with Crippen LogP contribution in [-0.2, 0) is 21.6 Å². The summed E-state index contributed by atoms with van der Waals surface area (Å²) in [6.07, 6.45) is 0.969. The van der Waals surface area contributed by atoms with Crippen LogP contribution in [-0.4, -0.2) is 40.7 Å². The average Bonchev–Trinajstić information content (AvgIpc) is 3.05. The summed E-state index contributed by atoms with van der Waals surface area (Å²) in [5.74, 6) is -0.498. The number of carbonyl (C=O) groups excluding carboxylic acids is 2. The molecule has 2 N–H and O–H groups in total. The first-order valence-corrected chi connectivity index (χ1v) is 11.2. The summed E-state index contributed by atoms with van der Waals surface area (Å²) in [6.45, 7) is 6.31. The molecule has 2 aromatic carbocycles. The van der Waals surface area contributed by atoms with Gasteiger partial charge in [0.2, 0.25) is 0 Å². The second-order valence-corrected chi connectivity index (χ2v) is 9.91. The minimum Gasteiger partial charge on any atom is -0.444 e. The predicted octanol–water partition coefficient (Wildman–Crippen LogP) is 3.96. The molecule has 0 saturated carbocycles. The van der Waals surface area contributed by atoms with Gasteiger partial charge in [-0.3, -0.25) is 4.79 Å². The number of piperidine rings is 1. The van der Waals surface area contributed by atoms with Crippen LogP contribution in [0.2, 0.25) is 0 Å². The number of fused-ring (bicyclic) bond motifs is 1. The van der Waals surface area contributed by atoms with Gasteiger partial charge < -0.3 is 20.1 Å². The number of anilines is 1. The van der Waals surface area contributed by atoms with Crippen molar-refractivity contribution in [3.05, 3.63) is 65.2 Å². The molecular formula is C26H29N3O4. The summed E-state index contributed by atoms with van der Waals surface area (Å²) in [4.78, 5) is 27.0. The second kappa shape index (κ2) is 8.20. The van der Waals surface area contributed by atoms with E-state index in [9.17, 15) is 20.0 Å². The van der Waals surface area contributed by atoms with Gasteiger partial charge in [0.25, 0.3) is 5.91 Å². The highest BCUT2D eigenvalue weighted by Gasteiger charge is 2.49. The molecule has 33 heavy (non-hydrogen) atoms. The largest absolute Gasteiger partial charge is 0.444 e. The first-order valence-electron chi connectivity index (χ1n) is 11.2. The van der Waals surface area contributed by atoms with Crippen molar-refractivity contribution in [3.63, 3.8) is 0 Å². The van der Waals surface area contributed by atoms with Gasteiger partial charge in [0.15, 0.2) is 5.60 Å². The molecule has 2 aromatic rings. The highest BCUT2D eigenvalue weighted by molar-refractivity contribution is 6.07. The van der Waals surface area contributed by atoms with E-state index in [0.717, 1.165) is 5.56 Å². The molecule has 1 saturated heterocycles.